The van der Waals surface area contributed by atoms with E-state index >= 15 is 0 Å². The topological polar surface area (TPSA) is 112 Å². The highest BCUT2D eigenvalue weighted by Crippen LogP contribution is 2.65. The quantitative estimate of drug-likeness (QED) is 0.145. The summed E-state index contributed by atoms with van der Waals surface area (Å²) in [6.07, 6.45) is 8.41. The highest BCUT2D eigenvalue weighted by Gasteiger charge is 2.68. The lowest BCUT2D eigenvalue weighted by Gasteiger charge is -2.64. The minimum absolute atomic E-state index is 0.0243. The summed E-state index contributed by atoms with van der Waals surface area (Å²) in [6.45, 7) is 11.0. The van der Waals surface area contributed by atoms with Crippen LogP contribution in [0.15, 0.2) is 108 Å². The molecule has 4 aromatic rings. The maximum atomic E-state index is 14.9. The summed E-state index contributed by atoms with van der Waals surface area (Å²) in [5.74, 6) is 0.751. The minimum Gasteiger partial charge on any atom is -0.444 e. The molecule has 0 unspecified atom stereocenters. The molecular weight excluding hydrogens is 715 g/mol. The van der Waals surface area contributed by atoms with Crippen molar-refractivity contribution in [2.45, 2.75) is 109 Å². The fourth-order valence-electron chi connectivity index (χ4n) is 9.92. The van der Waals surface area contributed by atoms with Crippen LogP contribution < -0.4 is 15.8 Å². The fraction of sp³-hybridized carbons (Fsp3) is 0.435. The average molecular weight is 769 g/mol. The Labute approximate surface area is 335 Å². The normalized spacial score (nSPS) is 27.3. The minimum atomic E-state index is -0.894. The van der Waals surface area contributed by atoms with E-state index in [9.17, 15) is 14.4 Å². The predicted octanol–water partition coefficient (Wildman–Crippen LogP) is 8.06. The Bertz CT molecular complexity index is 2180. The Balaban J connectivity index is 1.11. The van der Waals surface area contributed by atoms with Gasteiger partial charge >= 0.3 is 13.2 Å². The third-order valence-corrected chi connectivity index (χ3v) is 13.4. The maximum absolute atomic E-state index is 14.9. The second-order valence-corrected chi connectivity index (χ2v) is 17.4. The van der Waals surface area contributed by atoms with Crippen LogP contribution in [0, 0.1) is 17.3 Å². The van der Waals surface area contributed by atoms with Gasteiger partial charge in [-0.15, -0.1) is 0 Å². The van der Waals surface area contributed by atoms with Crippen molar-refractivity contribution in [1.82, 2.24) is 14.9 Å². The number of aromatic nitrogens is 2. The molecule has 296 valence electrons. The highest BCUT2D eigenvalue weighted by molar-refractivity contribution is 6.47. The van der Waals surface area contributed by atoms with Crippen LogP contribution in [0.2, 0.25) is 0 Å². The summed E-state index contributed by atoms with van der Waals surface area (Å²) >= 11 is 0. The Hall–Kier alpha value is -5.00. The first-order valence-electron chi connectivity index (χ1n) is 20.4. The zero-order valence-electron chi connectivity index (χ0n) is 33.6. The van der Waals surface area contributed by atoms with Crippen LogP contribution in [0.3, 0.4) is 0 Å². The van der Waals surface area contributed by atoms with Crippen molar-refractivity contribution in [2.75, 3.05) is 4.90 Å². The molecule has 57 heavy (non-hydrogen) atoms. The lowest BCUT2D eigenvalue weighted by molar-refractivity contribution is -0.199. The second-order valence-electron chi connectivity index (χ2n) is 17.4. The standard InChI is InChI=1S/C46H53BN4O6/c1-6-39(47-56-38-26-34-25-37(44(34,2)3)46(38,5)57-47)49-40(52)35-27-45(4,24-16-23-31-17-10-7-11-18-31)42-48-28-36(41(53)51(35)42)50(29-32-19-12-8-13-20-32)43(54)55-30-33-21-14-9-15-22-33/h7-23,28,34-35,37-39H,6,24-27,29-30H2,1-5H3,(H,49,52)/b23-16+/t34-,35-,37-,38+,39-,45+,46-/m0/s1. The van der Waals surface area contributed by atoms with Crippen LogP contribution in [-0.2, 0) is 37.4 Å². The lowest BCUT2D eigenvalue weighted by Crippen LogP contribution is -2.65. The number of hydrogen-bond acceptors (Lipinski definition) is 7. The molecule has 7 atom stereocenters. The lowest BCUT2D eigenvalue weighted by atomic mass is 9.43. The first-order chi connectivity index (χ1) is 27.4. The number of ether oxygens (including phenoxy) is 1. The first kappa shape index (κ1) is 38.9. The molecule has 2 amide bonds. The molecule has 2 aliphatic heterocycles. The van der Waals surface area contributed by atoms with Crippen molar-refractivity contribution >= 4 is 30.9 Å². The van der Waals surface area contributed by atoms with E-state index in [2.05, 4.69) is 32.2 Å². The molecule has 0 spiro atoms. The van der Waals surface area contributed by atoms with Gasteiger partial charge in [-0.2, -0.15) is 0 Å². The number of nitrogens with one attached hydrogen (secondary N) is 1. The Morgan fingerprint density at radius 1 is 0.982 bits per heavy atom. The third kappa shape index (κ3) is 7.25. The molecule has 3 aromatic carbocycles. The summed E-state index contributed by atoms with van der Waals surface area (Å²) in [5, 5.41) is 3.26. The van der Waals surface area contributed by atoms with Gasteiger partial charge < -0.3 is 19.4 Å². The van der Waals surface area contributed by atoms with Crippen LogP contribution >= 0.6 is 0 Å². The van der Waals surface area contributed by atoms with Crippen LogP contribution in [0.1, 0.15) is 95.3 Å². The molecular formula is C46H53BN4O6. The van der Waals surface area contributed by atoms with Gasteiger partial charge in [0.2, 0.25) is 5.91 Å². The van der Waals surface area contributed by atoms with Gasteiger partial charge in [0.1, 0.15) is 24.2 Å². The number of fused-ring (bicyclic) bond motifs is 1. The smallest absolute Gasteiger partial charge is 0.444 e. The SMILES string of the molecule is CC[C@H](NC(=O)[C@@H]1C[C@@](C)(C/C=C/c2ccccc2)c2ncc(N(Cc3ccccc3)C(=O)OCc3ccccc3)c(=O)n21)B1O[C@@H]2C[C@@H]3C[C@@H](C3(C)C)[C@]2(C)O1. The summed E-state index contributed by atoms with van der Waals surface area (Å²) in [5.41, 5.74) is 1.34. The van der Waals surface area contributed by atoms with E-state index in [0.717, 1.165) is 29.5 Å². The molecule has 1 N–H and O–H groups in total. The van der Waals surface area contributed by atoms with Crippen molar-refractivity contribution in [3.05, 3.63) is 136 Å². The number of benzene rings is 3. The van der Waals surface area contributed by atoms with Gasteiger partial charge in [0, 0.05) is 5.41 Å². The predicted molar refractivity (Wildman–Crippen MR) is 221 cm³/mol. The molecule has 0 radical (unpaired) electrons. The molecule has 10 nitrogen and oxygen atoms in total. The summed E-state index contributed by atoms with van der Waals surface area (Å²) < 4.78 is 20.7. The first-order valence-corrected chi connectivity index (χ1v) is 20.4. The Morgan fingerprint density at radius 3 is 2.32 bits per heavy atom. The third-order valence-electron chi connectivity index (χ3n) is 13.4. The van der Waals surface area contributed by atoms with Gasteiger partial charge in [-0.1, -0.05) is 131 Å². The molecule has 1 aromatic heterocycles. The number of amides is 2. The monoisotopic (exact) mass is 768 g/mol. The number of carbonyl (C=O) groups excluding carboxylic acids is 2. The highest BCUT2D eigenvalue weighted by atomic mass is 16.7. The van der Waals surface area contributed by atoms with Crippen LogP contribution in [-0.4, -0.2) is 46.3 Å². The Morgan fingerprint density at radius 2 is 1.65 bits per heavy atom. The zero-order chi connectivity index (χ0) is 40.0. The number of nitrogens with zero attached hydrogens (tertiary/aromatic N) is 3. The van der Waals surface area contributed by atoms with E-state index in [1.54, 1.807) is 0 Å². The van der Waals surface area contributed by atoms with E-state index in [-0.39, 0.29) is 36.3 Å². The van der Waals surface area contributed by atoms with E-state index in [1.807, 2.05) is 111 Å². The molecule has 4 fully saturated rings. The summed E-state index contributed by atoms with van der Waals surface area (Å²) in [7, 11) is -0.605. The largest absolute Gasteiger partial charge is 0.481 e. The van der Waals surface area contributed by atoms with Crippen molar-refractivity contribution in [2.24, 2.45) is 17.3 Å². The van der Waals surface area contributed by atoms with Crippen LogP contribution in [0.5, 0.6) is 0 Å². The maximum Gasteiger partial charge on any atom is 0.481 e. The second kappa shape index (κ2) is 15.4. The number of carbonyl (C=O) groups is 2. The van der Waals surface area contributed by atoms with Crippen molar-refractivity contribution in [3.63, 3.8) is 0 Å². The van der Waals surface area contributed by atoms with Gasteiger partial charge in [0.05, 0.1) is 30.4 Å². The molecule has 3 heterocycles. The van der Waals surface area contributed by atoms with Crippen molar-refractivity contribution < 1.29 is 23.6 Å². The van der Waals surface area contributed by atoms with E-state index in [0.29, 0.717) is 36.9 Å². The number of anilines is 1. The van der Waals surface area contributed by atoms with E-state index in [4.69, 9.17) is 19.0 Å². The average Bonchev–Trinajstić information content (AvgIpc) is 3.74. The van der Waals surface area contributed by atoms with Gasteiger partial charge in [-0.05, 0) is 73.0 Å². The molecule has 3 saturated carbocycles. The van der Waals surface area contributed by atoms with Gasteiger partial charge in [-0.3, -0.25) is 19.1 Å². The number of hydrogen-bond donors (Lipinski definition) is 1. The zero-order valence-corrected chi connectivity index (χ0v) is 33.6. The molecule has 9 rings (SSSR count). The molecule has 5 aliphatic rings. The molecule has 11 heteroatoms. The van der Waals surface area contributed by atoms with E-state index < -0.39 is 41.8 Å². The summed E-state index contributed by atoms with van der Waals surface area (Å²) in [4.78, 5) is 49.8. The molecule has 3 aliphatic carbocycles. The van der Waals surface area contributed by atoms with E-state index in [1.165, 1.54) is 15.7 Å². The van der Waals surface area contributed by atoms with Crippen molar-refractivity contribution in [3.8, 4) is 0 Å². The summed E-state index contributed by atoms with van der Waals surface area (Å²) in [6, 6.07) is 28.0. The number of rotatable bonds is 12. The number of allylic oxidation sites excluding steroid dienone is 1. The molecule has 2 bridgehead atoms. The fourth-order valence-corrected chi connectivity index (χ4v) is 9.92. The van der Waals surface area contributed by atoms with Gasteiger partial charge in [0.25, 0.3) is 5.56 Å². The van der Waals surface area contributed by atoms with Gasteiger partial charge in [0.15, 0.2) is 0 Å². The molecule has 1 saturated heterocycles. The van der Waals surface area contributed by atoms with Crippen LogP contribution in [0.25, 0.3) is 6.08 Å². The Kier molecular flexibility index (Phi) is 10.5. The van der Waals surface area contributed by atoms with Gasteiger partial charge in [-0.25, -0.2) is 9.78 Å². The van der Waals surface area contributed by atoms with Crippen molar-refractivity contribution in [1.29, 1.82) is 0 Å². The van der Waals surface area contributed by atoms with Crippen LogP contribution in [0.4, 0.5) is 10.5 Å².